The van der Waals surface area contributed by atoms with Gasteiger partial charge in [0.15, 0.2) is 0 Å². The maximum absolute atomic E-state index is 11.2. The minimum absolute atomic E-state index is 0.174. The third-order valence-corrected chi connectivity index (χ3v) is 2.13. The summed E-state index contributed by atoms with van der Waals surface area (Å²) in [6, 6.07) is 4.69. The summed E-state index contributed by atoms with van der Waals surface area (Å²) in [4.78, 5) is 21.7. The van der Waals surface area contributed by atoms with Crippen molar-refractivity contribution in [3.63, 3.8) is 0 Å². The molecule has 0 radical (unpaired) electrons. The second kappa shape index (κ2) is 4.24. The number of Topliss-reactive ketones (excluding diaryl/α,β-unsaturated/α-hetero) is 1. The zero-order valence-corrected chi connectivity index (χ0v) is 8.34. The summed E-state index contributed by atoms with van der Waals surface area (Å²) in [5, 5.41) is 8.92. The van der Waals surface area contributed by atoms with Crippen molar-refractivity contribution in [3.05, 3.63) is 34.3 Å². The Morgan fingerprint density at radius 3 is 2.57 bits per heavy atom. The molecule has 4 heteroatoms. The van der Waals surface area contributed by atoms with E-state index >= 15 is 0 Å². The van der Waals surface area contributed by atoms with E-state index in [1.54, 1.807) is 12.1 Å². The molecular weight excluding hydrogens is 204 g/mol. The number of carbonyl (C=O) groups excluding carboxylic acids is 1. The minimum atomic E-state index is -1.46. The predicted molar refractivity (Wildman–Crippen MR) is 52.8 cm³/mol. The molecule has 1 rings (SSSR count). The Bertz CT molecular complexity index is 385. The van der Waals surface area contributed by atoms with Crippen LogP contribution in [0.2, 0.25) is 5.02 Å². The van der Waals surface area contributed by atoms with Gasteiger partial charge in [-0.15, -0.1) is 0 Å². The van der Waals surface area contributed by atoms with Gasteiger partial charge in [-0.1, -0.05) is 24.6 Å². The maximum Gasteiger partial charge on any atom is 0.377 e. The summed E-state index contributed by atoms with van der Waals surface area (Å²) in [5.74, 6) is -2.37. The SMILES string of the molecule is CCc1ccc(Cl)cc1C(=O)C(=O)O. The molecule has 0 saturated carbocycles. The lowest BCUT2D eigenvalue weighted by molar-refractivity contribution is -0.131. The van der Waals surface area contributed by atoms with Crippen LogP contribution in [0.15, 0.2) is 18.2 Å². The van der Waals surface area contributed by atoms with Gasteiger partial charge in [0.05, 0.1) is 0 Å². The first-order valence-electron chi connectivity index (χ1n) is 4.12. The van der Waals surface area contributed by atoms with Crippen molar-refractivity contribution in [2.45, 2.75) is 13.3 Å². The van der Waals surface area contributed by atoms with E-state index in [-0.39, 0.29) is 5.56 Å². The molecule has 3 nitrogen and oxygen atoms in total. The van der Waals surface area contributed by atoms with E-state index in [0.29, 0.717) is 17.0 Å². The number of aliphatic carboxylic acids is 1. The van der Waals surface area contributed by atoms with Crippen LogP contribution >= 0.6 is 11.6 Å². The number of hydrogen-bond donors (Lipinski definition) is 1. The van der Waals surface area contributed by atoms with Gasteiger partial charge in [-0.3, -0.25) is 4.79 Å². The molecule has 0 aliphatic carbocycles. The van der Waals surface area contributed by atoms with Crippen LogP contribution in [-0.2, 0) is 11.2 Å². The molecule has 1 aromatic rings. The first kappa shape index (κ1) is 10.7. The Kier molecular flexibility index (Phi) is 3.25. The fourth-order valence-corrected chi connectivity index (χ4v) is 1.36. The number of halogens is 1. The van der Waals surface area contributed by atoms with Crippen molar-refractivity contribution in [2.75, 3.05) is 0 Å². The zero-order chi connectivity index (χ0) is 10.7. The van der Waals surface area contributed by atoms with Gasteiger partial charge in [0.25, 0.3) is 5.78 Å². The summed E-state index contributed by atoms with van der Waals surface area (Å²) in [6.45, 7) is 1.85. The molecular formula is C10H9ClO3. The molecule has 0 saturated heterocycles. The first-order valence-corrected chi connectivity index (χ1v) is 4.50. The maximum atomic E-state index is 11.2. The predicted octanol–water partition coefficient (Wildman–Crippen LogP) is 2.17. The number of carboxylic acids is 1. The van der Waals surface area contributed by atoms with Crippen molar-refractivity contribution < 1.29 is 14.7 Å². The topological polar surface area (TPSA) is 54.4 Å². The molecule has 0 atom stereocenters. The smallest absolute Gasteiger partial charge is 0.377 e. The number of carbonyl (C=O) groups is 2. The molecule has 1 N–H and O–H groups in total. The Labute approximate surface area is 86.3 Å². The Morgan fingerprint density at radius 2 is 2.07 bits per heavy atom. The summed E-state index contributed by atoms with van der Waals surface area (Å²) >= 11 is 5.68. The van der Waals surface area contributed by atoms with Gasteiger partial charge in [0, 0.05) is 10.6 Å². The number of rotatable bonds is 3. The van der Waals surface area contributed by atoms with Crippen molar-refractivity contribution in [1.82, 2.24) is 0 Å². The van der Waals surface area contributed by atoms with Gasteiger partial charge in [0.1, 0.15) is 0 Å². The Hall–Kier alpha value is -1.35. The van der Waals surface area contributed by atoms with Gasteiger partial charge in [-0.2, -0.15) is 0 Å². The highest BCUT2D eigenvalue weighted by Crippen LogP contribution is 2.17. The van der Waals surface area contributed by atoms with Crippen LogP contribution in [0.3, 0.4) is 0 Å². The standard InChI is InChI=1S/C10H9ClO3/c1-2-6-3-4-7(11)5-8(6)9(12)10(13)14/h3-5H,2H2,1H3,(H,13,14). The molecule has 0 fully saturated rings. The van der Waals surface area contributed by atoms with Crippen LogP contribution in [0.25, 0.3) is 0 Å². The van der Waals surface area contributed by atoms with Crippen LogP contribution in [0, 0.1) is 0 Å². The second-order valence-electron chi connectivity index (χ2n) is 2.79. The molecule has 0 spiro atoms. The highest BCUT2D eigenvalue weighted by Gasteiger charge is 2.17. The zero-order valence-electron chi connectivity index (χ0n) is 7.58. The molecule has 14 heavy (non-hydrogen) atoms. The monoisotopic (exact) mass is 212 g/mol. The molecule has 0 amide bonds. The average Bonchev–Trinajstić information content (AvgIpc) is 2.16. The second-order valence-corrected chi connectivity index (χ2v) is 3.23. The van der Waals surface area contributed by atoms with E-state index in [9.17, 15) is 9.59 Å². The highest BCUT2D eigenvalue weighted by atomic mass is 35.5. The van der Waals surface area contributed by atoms with Crippen LogP contribution in [0.4, 0.5) is 0 Å². The van der Waals surface area contributed by atoms with Crippen molar-refractivity contribution in [1.29, 1.82) is 0 Å². The summed E-state index contributed by atoms with van der Waals surface area (Å²) in [6.07, 6.45) is 0.603. The largest absolute Gasteiger partial charge is 0.475 e. The molecule has 1 aromatic carbocycles. The van der Waals surface area contributed by atoms with E-state index in [2.05, 4.69) is 0 Å². The minimum Gasteiger partial charge on any atom is -0.475 e. The summed E-state index contributed by atoms with van der Waals surface area (Å²) in [7, 11) is 0. The number of aryl methyl sites for hydroxylation is 1. The Morgan fingerprint density at radius 1 is 1.43 bits per heavy atom. The van der Waals surface area contributed by atoms with E-state index in [1.807, 2.05) is 6.92 Å². The van der Waals surface area contributed by atoms with E-state index in [4.69, 9.17) is 16.7 Å². The van der Waals surface area contributed by atoms with Gasteiger partial charge in [-0.05, 0) is 24.1 Å². The molecule has 0 unspecified atom stereocenters. The third kappa shape index (κ3) is 2.12. The van der Waals surface area contributed by atoms with E-state index < -0.39 is 11.8 Å². The van der Waals surface area contributed by atoms with Crippen molar-refractivity contribution in [3.8, 4) is 0 Å². The lowest BCUT2D eigenvalue weighted by Crippen LogP contribution is -2.14. The molecule has 0 aliphatic heterocycles. The lowest BCUT2D eigenvalue weighted by atomic mass is 10.0. The van der Waals surface area contributed by atoms with Crippen molar-refractivity contribution >= 4 is 23.4 Å². The normalized spacial score (nSPS) is 9.86. The number of benzene rings is 1. The van der Waals surface area contributed by atoms with Crippen LogP contribution in [-0.4, -0.2) is 16.9 Å². The first-order chi connectivity index (χ1) is 6.56. The lowest BCUT2D eigenvalue weighted by Gasteiger charge is -2.04. The van der Waals surface area contributed by atoms with Crippen molar-refractivity contribution in [2.24, 2.45) is 0 Å². The summed E-state index contributed by atoms with van der Waals surface area (Å²) < 4.78 is 0. The number of ketones is 1. The molecule has 0 heterocycles. The van der Waals surface area contributed by atoms with Crippen LogP contribution in [0.5, 0.6) is 0 Å². The molecule has 0 aromatic heterocycles. The Balaban J connectivity index is 3.23. The van der Waals surface area contributed by atoms with Gasteiger partial charge >= 0.3 is 5.97 Å². The number of carboxylic acid groups (broad SMARTS) is 1. The molecule has 74 valence electrons. The van der Waals surface area contributed by atoms with Crippen LogP contribution < -0.4 is 0 Å². The van der Waals surface area contributed by atoms with Gasteiger partial charge in [-0.25, -0.2) is 4.79 Å². The van der Waals surface area contributed by atoms with E-state index in [0.717, 1.165) is 0 Å². The summed E-state index contributed by atoms with van der Waals surface area (Å²) in [5.41, 5.74) is 0.870. The number of hydrogen-bond acceptors (Lipinski definition) is 2. The highest BCUT2D eigenvalue weighted by molar-refractivity contribution is 6.41. The average molecular weight is 213 g/mol. The van der Waals surface area contributed by atoms with Crippen LogP contribution in [0.1, 0.15) is 22.8 Å². The quantitative estimate of drug-likeness (QED) is 0.617. The fraction of sp³-hybridized carbons (Fsp3) is 0.200. The third-order valence-electron chi connectivity index (χ3n) is 1.89. The molecule has 0 aliphatic rings. The van der Waals surface area contributed by atoms with Gasteiger partial charge < -0.3 is 5.11 Å². The van der Waals surface area contributed by atoms with Gasteiger partial charge in [0.2, 0.25) is 0 Å². The molecule has 0 bridgehead atoms. The van der Waals surface area contributed by atoms with E-state index in [1.165, 1.54) is 6.07 Å². The fourth-order valence-electron chi connectivity index (χ4n) is 1.18.